The highest BCUT2D eigenvalue weighted by molar-refractivity contribution is 4.86. The summed E-state index contributed by atoms with van der Waals surface area (Å²) in [5.74, 6) is 0. The van der Waals surface area contributed by atoms with Crippen LogP contribution in [0.4, 0.5) is 0 Å². The summed E-state index contributed by atoms with van der Waals surface area (Å²) < 4.78 is 0. The molecule has 1 heterocycles. The molecule has 1 rings (SSSR count). The van der Waals surface area contributed by atoms with Crippen LogP contribution >= 0.6 is 0 Å². The van der Waals surface area contributed by atoms with E-state index in [0.717, 1.165) is 0 Å². The Morgan fingerprint density at radius 1 is 1.17 bits per heavy atom. The lowest BCUT2D eigenvalue weighted by Gasteiger charge is -2.18. The van der Waals surface area contributed by atoms with Gasteiger partial charge in [-0.25, -0.2) is 0 Å². The molecule has 4 atom stereocenters. The smallest absolute Gasteiger partial charge is 0.107 e. The van der Waals surface area contributed by atoms with Gasteiger partial charge in [-0.15, -0.1) is 0 Å². The second-order valence-corrected chi connectivity index (χ2v) is 3.15. The molecule has 0 saturated carbocycles. The summed E-state index contributed by atoms with van der Waals surface area (Å²) in [7, 11) is 0. The molecule has 0 radical (unpaired) electrons. The van der Waals surface area contributed by atoms with Gasteiger partial charge in [0.1, 0.15) is 6.10 Å². The zero-order chi connectivity index (χ0) is 9.14. The Hall–Kier alpha value is -0.200. The van der Waals surface area contributed by atoms with Gasteiger partial charge < -0.3 is 25.7 Å². The van der Waals surface area contributed by atoms with E-state index in [1.165, 1.54) is 0 Å². The Morgan fingerprint density at radius 2 is 1.83 bits per heavy atom. The summed E-state index contributed by atoms with van der Waals surface area (Å²) >= 11 is 0. The maximum Gasteiger partial charge on any atom is 0.107 e. The van der Waals surface area contributed by atoms with Gasteiger partial charge in [0.15, 0.2) is 0 Å². The fourth-order valence-corrected chi connectivity index (χ4v) is 1.32. The minimum atomic E-state index is -1.12. The highest BCUT2D eigenvalue weighted by atomic mass is 16.4. The zero-order valence-corrected chi connectivity index (χ0v) is 6.72. The first-order valence-electron chi connectivity index (χ1n) is 4.03. The van der Waals surface area contributed by atoms with Crippen LogP contribution < -0.4 is 5.32 Å². The molecule has 5 heteroatoms. The third-order valence-corrected chi connectivity index (χ3v) is 2.15. The van der Waals surface area contributed by atoms with Crippen LogP contribution in [0.2, 0.25) is 0 Å². The molecule has 0 spiro atoms. The second kappa shape index (κ2) is 4.15. The van der Waals surface area contributed by atoms with Crippen LogP contribution in [0.25, 0.3) is 0 Å². The van der Waals surface area contributed by atoms with Crippen LogP contribution in [0.15, 0.2) is 0 Å². The number of aliphatic hydroxyl groups is 4. The van der Waals surface area contributed by atoms with Gasteiger partial charge in [-0.3, -0.25) is 0 Å². The van der Waals surface area contributed by atoms with Crippen LogP contribution in [0.1, 0.15) is 6.42 Å². The third kappa shape index (κ3) is 2.15. The number of aliphatic hydroxyl groups excluding tert-OH is 4. The molecular weight excluding hydrogens is 162 g/mol. The lowest BCUT2D eigenvalue weighted by molar-refractivity contribution is -0.0517. The lowest BCUT2D eigenvalue weighted by atomic mass is 10.0. The molecule has 5 N–H and O–H groups in total. The van der Waals surface area contributed by atoms with Crippen LogP contribution in [-0.2, 0) is 0 Å². The standard InChI is InChI=1S/C7H15NO4/c9-3-4-1-5(10)7(12)6(11)2-8-4/h4-12H,1-3H2/t4-,5+,6-,7+/m1/s1. The van der Waals surface area contributed by atoms with Gasteiger partial charge >= 0.3 is 0 Å². The Labute approximate surface area is 70.6 Å². The molecule has 0 aromatic rings. The Bertz CT molecular complexity index is 143. The molecule has 1 aliphatic rings. The predicted molar refractivity (Wildman–Crippen MR) is 41.5 cm³/mol. The van der Waals surface area contributed by atoms with Crippen molar-refractivity contribution in [3.8, 4) is 0 Å². The van der Waals surface area contributed by atoms with Gasteiger partial charge in [0, 0.05) is 12.6 Å². The SMILES string of the molecule is OC[C@H]1C[C@H](O)[C@H](O)[C@H](O)CN1. The summed E-state index contributed by atoms with van der Waals surface area (Å²) in [4.78, 5) is 0. The molecule has 1 saturated heterocycles. The van der Waals surface area contributed by atoms with E-state index >= 15 is 0 Å². The molecule has 0 aromatic heterocycles. The van der Waals surface area contributed by atoms with E-state index in [4.69, 9.17) is 5.11 Å². The molecule has 0 bridgehead atoms. The molecule has 72 valence electrons. The summed E-state index contributed by atoms with van der Waals surface area (Å²) in [6, 6.07) is -0.244. The summed E-state index contributed by atoms with van der Waals surface area (Å²) in [5.41, 5.74) is 0. The van der Waals surface area contributed by atoms with Crippen LogP contribution in [0, 0.1) is 0 Å². The Morgan fingerprint density at radius 3 is 2.42 bits per heavy atom. The van der Waals surface area contributed by atoms with Crippen molar-refractivity contribution >= 4 is 0 Å². The van der Waals surface area contributed by atoms with E-state index in [1.807, 2.05) is 0 Å². The van der Waals surface area contributed by atoms with Crippen molar-refractivity contribution in [3.63, 3.8) is 0 Å². The average molecular weight is 177 g/mol. The largest absolute Gasteiger partial charge is 0.395 e. The van der Waals surface area contributed by atoms with E-state index in [-0.39, 0.29) is 25.6 Å². The lowest BCUT2D eigenvalue weighted by Crippen LogP contribution is -2.39. The van der Waals surface area contributed by atoms with E-state index in [9.17, 15) is 15.3 Å². The molecule has 5 nitrogen and oxygen atoms in total. The van der Waals surface area contributed by atoms with Gasteiger partial charge in [0.25, 0.3) is 0 Å². The molecule has 0 aromatic carbocycles. The minimum Gasteiger partial charge on any atom is -0.395 e. The van der Waals surface area contributed by atoms with E-state index in [0.29, 0.717) is 0 Å². The molecule has 12 heavy (non-hydrogen) atoms. The Kier molecular flexibility index (Phi) is 3.42. The first kappa shape index (κ1) is 9.88. The highest BCUT2D eigenvalue weighted by Gasteiger charge is 2.30. The summed E-state index contributed by atoms with van der Waals surface area (Å²) in [6.07, 6.45) is -2.79. The average Bonchev–Trinajstić information content (AvgIpc) is 2.19. The van der Waals surface area contributed by atoms with E-state index in [2.05, 4.69) is 5.32 Å². The monoisotopic (exact) mass is 177 g/mol. The fourth-order valence-electron chi connectivity index (χ4n) is 1.32. The predicted octanol–water partition coefficient (Wildman–Crippen LogP) is -2.58. The first-order chi connectivity index (χ1) is 5.65. The van der Waals surface area contributed by atoms with Gasteiger partial charge in [-0.2, -0.15) is 0 Å². The number of nitrogens with one attached hydrogen (secondary N) is 1. The van der Waals surface area contributed by atoms with E-state index < -0.39 is 18.3 Å². The summed E-state index contributed by atoms with van der Waals surface area (Å²) in [6.45, 7) is 0.0972. The van der Waals surface area contributed by atoms with Gasteiger partial charge in [0.2, 0.25) is 0 Å². The molecule has 0 aliphatic carbocycles. The quantitative estimate of drug-likeness (QED) is 0.303. The number of rotatable bonds is 1. The maximum absolute atomic E-state index is 9.27. The van der Waals surface area contributed by atoms with Crippen molar-refractivity contribution in [3.05, 3.63) is 0 Å². The normalized spacial score (nSPS) is 44.0. The third-order valence-electron chi connectivity index (χ3n) is 2.15. The fraction of sp³-hybridized carbons (Fsp3) is 1.00. The topological polar surface area (TPSA) is 93.0 Å². The van der Waals surface area contributed by atoms with Crippen molar-refractivity contribution in [2.24, 2.45) is 0 Å². The maximum atomic E-state index is 9.27. The number of hydrogen-bond donors (Lipinski definition) is 5. The number of β-amino-alcohol motifs (C(OH)–C–C–N with tert-alkyl or cyclic N) is 1. The Balaban J connectivity index is 2.53. The number of hydrogen-bond acceptors (Lipinski definition) is 5. The molecule has 1 aliphatic heterocycles. The molecule has 1 fully saturated rings. The van der Waals surface area contributed by atoms with Crippen LogP contribution in [0.3, 0.4) is 0 Å². The summed E-state index contributed by atoms with van der Waals surface area (Å²) in [5, 5.41) is 39.3. The minimum absolute atomic E-state index is 0.101. The van der Waals surface area contributed by atoms with Gasteiger partial charge in [-0.1, -0.05) is 0 Å². The van der Waals surface area contributed by atoms with Crippen molar-refractivity contribution in [1.29, 1.82) is 0 Å². The highest BCUT2D eigenvalue weighted by Crippen LogP contribution is 2.10. The van der Waals surface area contributed by atoms with Gasteiger partial charge in [0.05, 0.1) is 18.8 Å². The van der Waals surface area contributed by atoms with Crippen molar-refractivity contribution in [1.82, 2.24) is 5.32 Å². The molecular formula is C7H15NO4. The van der Waals surface area contributed by atoms with Crippen LogP contribution in [0.5, 0.6) is 0 Å². The zero-order valence-electron chi connectivity index (χ0n) is 6.72. The van der Waals surface area contributed by atoms with E-state index in [1.54, 1.807) is 0 Å². The van der Waals surface area contributed by atoms with Crippen molar-refractivity contribution < 1.29 is 20.4 Å². The van der Waals surface area contributed by atoms with Crippen molar-refractivity contribution in [2.75, 3.05) is 13.2 Å². The van der Waals surface area contributed by atoms with Crippen molar-refractivity contribution in [2.45, 2.75) is 30.8 Å². The second-order valence-electron chi connectivity index (χ2n) is 3.15. The molecule has 0 unspecified atom stereocenters. The molecule has 0 amide bonds. The van der Waals surface area contributed by atoms with Gasteiger partial charge in [-0.05, 0) is 6.42 Å². The first-order valence-corrected chi connectivity index (χ1v) is 4.03. The van der Waals surface area contributed by atoms with Crippen LogP contribution in [-0.4, -0.2) is 57.9 Å².